The maximum atomic E-state index is 13.2. The third-order valence-corrected chi connectivity index (χ3v) is 6.14. The number of rotatable bonds is 7. The Morgan fingerprint density at radius 3 is 2.00 bits per heavy atom. The topological polar surface area (TPSA) is 88.2 Å². The predicted molar refractivity (Wildman–Crippen MR) is 130 cm³/mol. The van der Waals surface area contributed by atoms with Gasteiger partial charge in [0.15, 0.2) is 0 Å². The van der Waals surface area contributed by atoms with Gasteiger partial charge >= 0.3 is 0 Å². The largest absolute Gasteiger partial charge is 0.497 e. The van der Waals surface area contributed by atoms with Gasteiger partial charge in [-0.2, -0.15) is 0 Å². The van der Waals surface area contributed by atoms with E-state index in [1.807, 2.05) is 13.8 Å². The SMILES string of the molecule is COc1cc(OC)cc(C(=O)N2CCN(C(=O)C(NC(=O)c3ccccc3Cl)C(C)C)CC2)c1. The van der Waals surface area contributed by atoms with Gasteiger partial charge in [0.05, 0.1) is 24.8 Å². The highest BCUT2D eigenvalue weighted by Crippen LogP contribution is 2.24. The van der Waals surface area contributed by atoms with Gasteiger partial charge in [-0.1, -0.05) is 37.6 Å². The molecule has 8 nitrogen and oxygen atoms in total. The van der Waals surface area contributed by atoms with Crippen LogP contribution in [-0.2, 0) is 4.79 Å². The summed E-state index contributed by atoms with van der Waals surface area (Å²) in [6.45, 7) is 5.27. The molecule has 3 rings (SSSR count). The number of halogens is 1. The van der Waals surface area contributed by atoms with E-state index in [2.05, 4.69) is 5.32 Å². The Balaban J connectivity index is 1.65. The summed E-state index contributed by atoms with van der Waals surface area (Å²) in [7, 11) is 3.06. The van der Waals surface area contributed by atoms with Crippen molar-refractivity contribution in [3.05, 3.63) is 58.6 Å². The van der Waals surface area contributed by atoms with Crippen LogP contribution in [0.15, 0.2) is 42.5 Å². The van der Waals surface area contributed by atoms with Gasteiger partial charge in [-0.15, -0.1) is 0 Å². The van der Waals surface area contributed by atoms with Gasteiger partial charge in [-0.25, -0.2) is 0 Å². The maximum Gasteiger partial charge on any atom is 0.254 e. The monoisotopic (exact) mass is 487 g/mol. The minimum Gasteiger partial charge on any atom is -0.497 e. The Hall–Kier alpha value is -3.26. The summed E-state index contributed by atoms with van der Waals surface area (Å²) >= 11 is 6.14. The number of methoxy groups -OCH3 is 2. The fourth-order valence-electron chi connectivity index (χ4n) is 3.82. The second-order valence-electron chi connectivity index (χ2n) is 8.39. The number of nitrogens with zero attached hydrogens (tertiary/aromatic N) is 2. The molecule has 3 amide bonds. The van der Waals surface area contributed by atoms with Gasteiger partial charge in [-0.3, -0.25) is 14.4 Å². The number of piperazine rings is 1. The van der Waals surface area contributed by atoms with Crippen molar-refractivity contribution < 1.29 is 23.9 Å². The van der Waals surface area contributed by atoms with E-state index in [0.29, 0.717) is 53.8 Å². The van der Waals surface area contributed by atoms with Gasteiger partial charge in [0.25, 0.3) is 11.8 Å². The van der Waals surface area contributed by atoms with E-state index in [-0.39, 0.29) is 17.7 Å². The molecule has 1 fully saturated rings. The van der Waals surface area contributed by atoms with Gasteiger partial charge in [0, 0.05) is 37.8 Å². The zero-order valence-corrected chi connectivity index (χ0v) is 20.6. The fourth-order valence-corrected chi connectivity index (χ4v) is 4.04. The Morgan fingerprint density at radius 2 is 1.47 bits per heavy atom. The van der Waals surface area contributed by atoms with Crippen LogP contribution in [0, 0.1) is 5.92 Å². The van der Waals surface area contributed by atoms with E-state index >= 15 is 0 Å². The van der Waals surface area contributed by atoms with Crippen LogP contribution in [0.25, 0.3) is 0 Å². The lowest BCUT2D eigenvalue weighted by Gasteiger charge is -2.37. The third-order valence-electron chi connectivity index (χ3n) is 5.81. The van der Waals surface area contributed by atoms with Crippen molar-refractivity contribution in [1.29, 1.82) is 0 Å². The van der Waals surface area contributed by atoms with Gasteiger partial charge in [0.2, 0.25) is 5.91 Å². The number of ether oxygens (including phenoxy) is 2. The van der Waals surface area contributed by atoms with E-state index in [4.69, 9.17) is 21.1 Å². The zero-order valence-electron chi connectivity index (χ0n) is 19.8. The lowest BCUT2D eigenvalue weighted by molar-refractivity contribution is -0.135. The summed E-state index contributed by atoms with van der Waals surface area (Å²) in [4.78, 5) is 42.4. The van der Waals surface area contributed by atoms with Crippen molar-refractivity contribution in [3.63, 3.8) is 0 Å². The van der Waals surface area contributed by atoms with Crippen LogP contribution in [0.4, 0.5) is 0 Å². The summed E-state index contributed by atoms with van der Waals surface area (Å²) in [6.07, 6.45) is 0. The van der Waals surface area contributed by atoms with Crippen molar-refractivity contribution in [2.24, 2.45) is 5.92 Å². The van der Waals surface area contributed by atoms with Crippen LogP contribution in [0.3, 0.4) is 0 Å². The Morgan fingerprint density at radius 1 is 0.912 bits per heavy atom. The highest BCUT2D eigenvalue weighted by Gasteiger charge is 2.32. The molecular weight excluding hydrogens is 458 g/mol. The molecule has 0 saturated carbocycles. The Bertz CT molecular complexity index is 1030. The fraction of sp³-hybridized carbons (Fsp3) is 0.400. The molecule has 9 heteroatoms. The number of benzene rings is 2. The highest BCUT2D eigenvalue weighted by molar-refractivity contribution is 6.33. The summed E-state index contributed by atoms with van der Waals surface area (Å²) in [5, 5.41) is 3.16. The van der Waals surface area contributed by atoms with Crippen molar-refractivity contribution >= 4 is 29.3 Å². The van der Waals surface area contributed by atoms with Crippen molar-refractivity contribution in [2.75, 3.05) is 40.4 Å². The first kappa shape index (κ1) is 25.4. The Kier molecular flexibility index (Phi) is 8.39. The van der Waals surface area contributed by atoms with Gasteiger partial charge in [-0.05, 0) is 30.2 Å². The molecule has 1 unspecified atom stereocenters. The smallest absolute Gasteiger partial charge is 0.254 e. The van der Waals surface area contributed by atoms with Gasteiger partial charge in [0.1, 0.15) is 17.5 Å². The molecule has 2 aromatic carbocycles. The molecule has 0 aliphatic carbocycles. The van der Waals surface area contributed by atoms with Crippen molar-refractivity contribution in [2.45, 2.75) is 19.9 Å². The molecule has 2 aromatic rings. The second kappa shape index (κ2) is 11.2. The number of carbonyl (C=O) groups excluding carboxylic acids is 3. The van der Waals surface area contributed by atoms with Crippen molar-refractivity contribution in [1.82, 2.24) is 15.1 Å². The summed E-state index contributed by atoms with van der Waals surface area (Å²) in [5.74, 6) is 0.222. The molecule has 1 atom stereocenters. The number of nitrogens with one attached hydrogen (secondary N) is 1. The minimum atomic E-state index is -0.700. The maximum absolute atomic E-state index is 13.2. The first-order valence-electron chi connectivity index (χ1n) is 11.1. The Labute approximate surface area is 204 Å². The molecule has 0 radical (unpaired) electrons. The van der Waals surface area contributed by atoms with Crippen LogP contribution in [0.5, 0.6) is 11.5 Å². The number of amides is 3. The number of carbonyl (C=O) groups is 3. The summed E-state index contributed by atoms with van der Waals surface area (Å²) in [6, 6.07) is 11.1. The van der Waals surface area contributed by atoms with E-state index < -0.39 is 11.9 Å². The number of hydrogen-bond donors (Lipinski definition) is 1. The highest BCUT2D eigenvalue weighted by atomic mass is 35.5. The molecule has 1 N–H and O–H groups in total. The molecule has 1 heterocycles. The van der Waals surface area contributed by atoms with Crippen LogP contribution < -0.4 is 14.8 Å². The lowest BCUT2D eigenvalue weighted by Crippen LogP contribution is -2.57. The molecule has 0 spiro atoms. The molecule has 34 heavy (non-hydrogen) atoms. The van der Waals surface area contributed by atoms with Gasteiger partial charge < -0.3 is 24.6 Å². The van der Waals surface area contributed by atoms with E-state index in [1.54, 1.807) is 52.3 Å². The van der Waals surface area contributed by atoms with Crippen LogP contribution in [0.2, 0.25) is 5.02 Å². The van der Waals surface area contributed by atoms with Crippen LogP contribution >= 0.6 is 11.6 Å². The first-order valence-corrected chi connectivity index (χ1v) is 11.5. The standard InChI is InChI=1S/C25H30ClN3O5/c1-16(2)22(27-23(30)20-7-5-6-8-21(20)26)25(32)29-11-9-28(10-12-29)24(31)17-13-18(33-3)15-19(14-17)34-4/h5-8,13-16,22H,9-12H2,1-4H3,(H,27,30). The quantitative estimate of drug-likeness (QED) is 0.648. The predicted octanol–water partition coefficient (Wildman–Crippen LogP) is 3.10. The molecule has 0 bridgehead atoms. The molecule has 1 saturated heterocycles. The average molecular weight is 488 g/mol. The van der Waals surface area contributed by atoms with Crippen molar-refractivity contribution in [3.8, 4) is 11.5 Å². The molecular formula is C25H30ClN3O5. The van der Waals surface area contributed by atoms with E-state index in [1.165, 1.54) is 14.2 Å². The zero-order chi connectivity index (χ0) is 24.8. The first-order chi connectivity index (χ1) is 16.2. The lowest BCUT2D eigenvalue weighted by atomic mass is 10.0. The summed E-state index contributed by atoms with van der Waals surface area (Å²) in [5.41, 5.74) is 0.787. The third kappa shape index (κ3) is 5.80. The average Bonchev–Trinajstić information content (AvgIpc) is 2.86. The second-order valence-corrected chi connectivity index (χ2v) is 8.80. The molecule has 0 aromatic heterocycles. The number of hydrogen-bond acceptors (Lipinski definition) is 5. The minimum absolute atomic E-state index is 0.122. The summed E-state index contributed by atoms with van der Waals surface area (Å²) < 4.78 is 10.5. The van der Waals surface area contributed by atoms with Crippen LogP contribution in [-0.4, -0.2) is 74.0 Å². The normalized spacial score (nSPS) is 14.5. The van der Waals surface area contributed by atoms with Crippen LogP contribution in [0.1, 0.15) is 34.6 Å². The van der Waals surface area contributed by atoms with E-state index in [0.717, 1.165) is 0 Å². The molecule has 1 aliphatic heterocycles. The molecule has 182 valence electrons. The van der Waals surface area contributed by atoms with E-state index in [9.17, 15) is 14.4 Å². The molecule has 1 aliphatic rings.